The van der Waals surface area contributed by atoms with Crippen molar-refractivity contribution >= 4 is 11.3 Å². The van der Waals surface area contributed by atoms with E-state index in [0.29, 0.717) is 6.04 Å². The predicted octanol–water partition coefficient (Wildman–Crippen LogP) is 4.82. The molecule has 0 saturated heterocycles. The summed E-state index contributed by atoms with van der Waals surface area (Å²) in [6.45, 7) is 9.10. The summed E-state index contributed by atoms with van der Waals surface area (Å²) < 4.78 is 0. The lowest BCUT2D eigenvalue weighted by atomic mass is 9.88. The number of hydrogen-bond donors (Lipinski definition) is 1. The third-order valence-corrected chi connectivity index (χ3v) is 5.54. The summed E-state index contributed by atoms with van der Waals surface area (Å²) >= 11 is 1.99. The first kappa shape index (κ1) is 16.0. The Morgan fingerprint density at radius 3 is 2.35 bits per heavy atom. The fraction of sp³-hybridized carbons (Fsp3) is 0.824. The van der Waals surface area contributed by atoms with Crippen molar-refractivity contribution in [2.75, 3.05) is 0 Å². The molecule has 2 rings (SSSR count). The Labute approximate surface area is 128 Å². The first-order valence-electron chi connectivity index (χ1n) is 8.38. The summed E-state index contributed by atoms with van der Waals surface area (Å²) in [7, 11) is 0. The number of rotatable bonds is 7. The Kier molecular flexibility index (Phi) is 5.62. The summed E-state index contributed by atoms with van der Waals surface area (Å²) in [6.07, 6.45) is 9.94. The van der Waals surface area contributed by atoms with Crippen molar-refractivity contribution in [1.29, 1.82) is 0 Å². The van der Waals surface area contributed by atoms with Crippen LogP contribution in [-0.4, -0.2) is 11.0 Å². The molecule has 0 radical (unpaired) electrons. The van der Waals surface area contributed by atoms with Crippen LogP contribution in [0.2, 0.25) is 0 Å². The molecule has 2 nitrogen and oxygen atoms in total. The van der Waals surface area contributed by atoms with Gasteiger partial charge >= 0.3 is 0 Å². The molecule has 1 aliphatic rings. The number of hydrogen-bond acceptors (Lipinski definition) is 3. The molecule has 0 saturated carbocycles. The molecule has 1 aromatic heterocycles. The van der Waals surface area contributed by atoms with E-state index in [1.807, 2.05) is 11.3 Å². The average molecular weight is 295 g/mol. The minimum Gasteiger partial charge on any atom is -0.303 e. The van der Waals surface area contributed by atoms with Crippen LogP contribution in [0.1, 0.15) is 81.8 Å². The molecule has 3 heteroatoms. The zero-order chi connectivity index (χ0) is 14.6. The fourth-order valence-electron chi connectivity index (χ4n) is 3.51. The monoisotopic (exact) mass is 294 g/mol. The molecule has 0 spiro atoms. The van der Waals surface area contributed by atoms with Gasteiger partial charge in [-0.25, -0.2) is 4.98 Å². The molecule has 0 amide bonds. The summed E-state index contributed by atoms with van der Waals surface area (Å²) in [5.41, 5.74) is 1.51. The van der Waals surface area contributed by atoms with Crippen molar-refractivity contribution in [1.82, 2.24) is 10.3 Å². The third-order valence-electron chi connectivity index (χ3n) is 4.17. The highest BCUT2D eigenvalue weighted by Crippen LogP contribution is 2.38. The van der Waals surface area contributed by atoms with Crippen LogP contribution >= 0.6 is 11.3 Å². The van der Waals surface area contributed by atoms with Gasteiger partial charge in [0.2, 0.25) is 0 Å². The molecule has 0 atom stereocenters. The smallest absolute Gasteiger partial charge is 0.113 e. The molecule has 114 valence electrons. The van der Waals surface area contributed by atoms with Gasteiger partial charge in [-0.3, -0.25) is 0 Å². The standard InChI is InChI=1S/C17H30N2S/c1-5-11-17(12-6-2,19-13(3)4)16-18-14-9-7-8-10-15(14)20-16/h13,19H,5-12H2,1-4H3. The summed E-state index contributed by atoms with van der Waals surface area (Å²) in [5, 5.41) is 5.23. The lowest BCUT2D eigenvalue weighted by molar-refractivity contribution is 0.257. The first-order chi connectivity index (χ1) is 9.61. The van der Waals surface area contributed by atoms with Crippen molar-refractivity contribution in [3.63, 3.8) is 0 Å². The van der Waals surface area contributed by atoms with Gasteiger partial charge in [-0.05, 0) is 52.4 Å². The second kappa shape index (κ2) is 7.04. The molecule has 1 aromatic rings. The summed E-state index contributed by atoms with van der Waals surface area (Å²) in [5.74, 6) is 0. The highest BCUT2D eigenvalue weighted by molar-refractivity contribution is 7.11. The van der Waals surface area contributed by atoms with E-state index >= 15 is 0 Å². The Balaban J connectivity index is 2.34. The highest BCUT2D eigenvalue weighted by atomic mass is 32.1. The van der Waals surface area contributed by atoms with E-state index in [0.717, 1.165) is 0 Å². The molecule has 0 bridgehead atoms. The zero-order valence-corrected chi connectivity index (χ0v) is 14.4. The van der Waals surface area contributed by atoms with E-state index in [9.17, 15) is 0 Å². The lowest BCUT2D eigenvalue weighted by Crippen LogP contribution is -2.46. The van der Waals surface area contributed by atoms with E-state index in [2.05, 4.69) is 33.0 Å². The molecule has 1 aliphatic carbocycles. The predicted molar refractivity (Wildman–Crippen MR) is 88.5 cm³/mol. The molecule has 0 aromatic carbocycles. The number of thiazole rings is 1. The second-order valence-corrected chi connectivity index (χ2v) is 7.56. The Morgan fingerprint density at radius 2 is 1.80 bits per heavy atom. The van der Waals surface area contributed by atoms with Gasteiger partial charge in [0, 0.05) is 10.9 Å². The van der Waals surface area contributed by atoms with Gasteiger partial charge in [-0.1, -0.05) is 26.7 Å². The van der Waals surface area contributed by atoms with Crippen molar-refractivity contribution in [3.05, 3.63) is 15.6 Å². The van der Waals surface area contributed by atoms with Crippen molar-refractivity contribution in [3.8, 4) is 0 Å². The number of nitrogens with one attached hydrogen (secondary N) is 1. The van der Waals surface area contributed by atoms with E-state index in [1.54, 1.807) is 4.88 Å². The topological polar surface area (TPSA) is 24.9 Å². The van der Waals surface area contributed by atoms with E-state index in [1.165, 1.54) is 62.1 Å². The van der Waals surface area contributed by atoms with Crippen molar-refractivity contribution in [2.45, 2.75) is 90.6 Å². The maximum atomic E-state index is 5.07. The van der Waals surface area contributed by atoms with Gasteiger partial charge in [0.05, 0.1) is 11.2 Å². The number of aryl methyl sites for hydroxylation is 2. The maximum absolute atomic E-state index is 5.07. The largest absolute Gasteiger partial charge is 0.303 e. The van der Waals surface area contributed by atoms with Gasteiger partial charge in [0.1, 0.15) is 5.01 Å². The van der Waals surface area contributed by atoms with Crippen molar-refractivity contribution in [2.24, 2.45) is 0 Å². The SMILES string of the molecule is CCCC(CCC)(NC(C)C)c1nc2c(s1)CCCC2. The van der Waals surface area contributed by atoms with E-state index in [-0.39, 0.29) is 5.54 Å². The Hall–Kier alpha value is -0.410. The number of aromatic nitrogens is 1. The van der Waals surface area contributed by atoms with Gasteiger partial charge in [0.15, 0.2) is 0 Å². The van der Waals surface area contributed by atoms with Crippen LogP contribution in [0.4, 0.5) is 0 Å². The van der Waals surface area contributed by atoms with Gasteiger partial charge in [-0.15, -0.1) is 11.3 Å². The Morgan fingerprint density at radius 1 is 1.15 bits per heavy atom. The molecule has 0 aliphatic heterocycles. The minimum atomic E-state index is 0.111. The fourth-order valence-corrected chi connectivity index (χ4v) is 4.87. The van der Waals surface area contributed by atoms with Gasteiger partial charge in [-0.2, -0.15) is 0 Å². The molecular formula is C17H30N2S. The molecule has 20 heavy (non-hydrogen) atoms. The molecule has 1 N–H and O–H groups in total. The van der Waals surface area contributed by atoms with Crippen LogP contribution in [0.5, 0.6) is 0 Å². The van der Waals surface area contributed by atoms with Crippen LogP contribution in [-0.2, 0) is 18.4 Å². The Bertz CT molecular complexity index is 393. The van der Waals surface area contributed by atoms with Gasteiger partial charge < -0.3 is 5.32 Å². The van der Waals surface area contributed by atoms with Crippen LogP contribution in [0.3, 0.4) is 0 Å². The summed E-state index contributed by atoms with van der Waals surface area (Å²) in [4.78, 5) is 6.63. The molecule has 0 fully saturated rings. The quantitative estimate of drug-likeness (QED) is 0.780. The lowest BCUT2D eigenvalue weighted by Gasteiger charge is -2.35. The molecular weight excluding hydrogens is 264 g/mol. The normalized spacial score (nSPS) is 15.7. The minimum absolute atomic E-state index is 0.111. The first-order valence-corrected chi connectivity index (χ1v) is 9.19. The maximum Gasteiger partial charge on any atom is 0.113 e. The van der Waals surface area contributed by atoms with Crippen LogP contribution in [0.25, 0.3) is 0 Å². The van der Waals surface area contributed by atoms with E-state index < -0.39 is 0 Å². The zero-order valence-electron chi connectivity index (χ0n) is 13.6. The van der Waals surface area contributed by atoms with Gasteiger partial charge in [0.25, 0.3) is 0 Å². The molecule has 1 heterocycles. The molecule has 0 unspecified atom stereocenters. The van der Waals surface area contributed by atoms with Crippen LogP contribution in [0, 0.1) is 0 Å². The van der Waals surface area contributed by atoms with Crippen molar-refractivity contribution < 1.29 is 0 Å². The highest BCUT2D eigenvalue weighted by Gasteiger charge is 2.35. The van der Waals surface area contributed by atoms with Crippen LogP contribution < -0.4 is 5.32 Å². The van der Waals surface area contributed by atoms with Crippen LogP contribution in [0.15, 0.2) is 0 Å². The van der Waals surface area contributed by atoms with E-state index in [4.69, 9.17) is 4.98 Å². The summed E-state index contributed by atoms with van der Waals surface area (Å²) in [6, 6.07) is 0.508. The average Bonchev–Trinajstić information content (AvgIpc) is 2.82. The second-order valence-electron chi connectivity index (χ2n) is 6.48. The number of nitrogens with zero attached hydrogens (tertiary/aromatic N) is 1. The third kappa shape index (κ3) is 3.43. The number of fused-ring (bicyclic) bond motifs is 1.